The van der Waals surface area contributed by atoms with E-state index in [0.717, 1.165) is 11.3 Å². The minimum absolute atomic E-state index is 0.102. The lowest BCUT2D eigenvalue weighted by atomic mass is 9.94. The van der Waals surface area contributed by atoms with Gasteiger partial charge < -0.3 is 10.1 Å². The second-order valence-corrected chi connectivity index (χ2v) is 6.70. The predicted molar refractivity (Wildman–Crippen MR) is 92.7 cm³/mol. The number of hydrogen-bond donors (Lipinski definition) is 1. The molecule has 126 valence electrons. The molecule has 1 aliphatic rings. The number of nitrogens with one attached hydrogen (secondary N) is 1. The lowest BCUT2D eigenvalue weighted by Crippen LogP contribution is -2.38. The Hall–Kier alpha value is -2.14. The van der Waals surface area contributed by atoms with Crippen molar-refractivity contribution < 1.29 is 9.53 Å². The van der Waals surface area contributed by atoms with E-state index in [0.29, 0.717) is 12.4 Å². The number of ether oxygens (including phenoxy) is 1. The van der Waals surface area contributed by atoms with Crippen molar-refractivity contribution in [2.75, 3.05) is 6.61 Å². The number of fused-ring (bicyclic) bond motifs is 1. The van der Waals surface area contributed by atoms with Crippen LogP contribution in [0.25, 0.3) is 0 Å². The largest absolute Gasteiger partial charge is 0.493 e. The van der Waals surface area contributed by atoms with Gasteiger partial charge in [0.05, 0.1) is 17.8 Å². The molecule has 2 atom stereocenters. The molecule has 0 fully saturated rings. The summed E-state index contributed by atoms with van der Waals surface area (Å²) in [6, 6.07) is 7.79. The molecule has 24 heavy (non-hydrogen) atoms. The summed E-state index contributed by atoms with van der Waals surface area (Å²) in [7, 11) is 0. The number of carbonyl (C=O) groups is 1. The summed E-state index contributed by atoms with van der Waals surface area (Å²) in [4.78, 5) is 21.1. The van der Waals surface area contributed by atoms with Crippen molar-refractivity contribution in [3.8, 4) is 5.75 Å². The molecule has 0 spiro atoms. The van der Waals surface area contributed by atoms with Crippen LogP contribution in [0, 0.1) is 0 Å². The van der Waals surface area contributed by atoms with Crippen molar-refractivity contribution in [3.63, 3.8) is 0 Å². The zero-order valence-corrected chi connectivity index (χ0v) is 14.7. The molecule has 1 aromatic carbocycles. The number of nitrogens with zero attached hydrogens (tertiary/aromatic N) is 2. The first-order valence-corrected chi connectivity index (χ1v) is 8.40. The Kier molecular flexibility index (Phi) is 4.71. The van der Waals surface area contributed by atoms with Crippen molar-refractivity contribution in [1.29, 1.82) is 0 Å². The highest BCUT2D eigenvalue weighted by Crippen LogP contribution is 2.35. The van der Waals surface area contributed by atoms with Crippen molar-refractivity contribution in [3.05, 3.63) is 52.6 Å². The van der Waals surface area contributed by atoms with Crippen LogP contribution in [0.5, 0.6) is 5.75 Å². The van der Waals surface area contributed by atoms with Crippen LogP contribution in [0.15, 0.2) is 30.5 Å². The summed E-state index contributed by atoms with van der Waals surface area (Å²) >= 11 is 6.11. The number of benzene rings is 1. The number of para-hydroxylation sites is 1. The van der Waals surface area contributed by atoms with Gasteiger partial charge in [0.2, 0.25) is 0 Å². The molecule has 1 amide bonds. The van der Waals surface area contributed by atoms with Crippen molar-refractivity contribution in [1.82, 2.24) is 15.3 Å². The molecule has 0 saturated heterocycles. The van der Waals surface area contributed by atoms with E-state index in [-0.39, 0.29) is 34.5 Å². The fourth-order valence-electron chi connectivity index (χ4n) is 2.80. The van der Waals surface area contributed by atoms with Gasteiger partial charge in [0.15, 0.2) is 0 Å². The topological polar surface area (TPSA) is 64.1 Å². The van der Waals surface area contributed by atoms with Crippen LogP contribution >= 0.6 is 11.6 Å². The highest BCUT2D eigenvalue weighted by molar-refractivity contribution is 6.33. The molecule has 2 heterocycles. The molecule has 1 N–H and O–H groups in total. The van der Waals surface area contributed by atoms with Gasteiger partial charge >= 0.3 is 0 Å². The summed E-state index contributed by atoms with van der Waals surface area (Å²) in [6.07, 6.45) is 1.48. The number of hydrogen-bond acceptors (Lipinski definition) is 4. The minimum Gasteiger partial charge on any atom is -0.493 e. The van der Waals surface area contributed by atoms with Gasteiger partial charge in [0, 0.05) is 23.4 Å². The third kappa shape index (κ3) is 3.22. The normalized spacial score (nSPS) is 17.3. The molecular weight excluding hydrogens is 326 g/mol. The molecule has 2 unspecified atom stereocenters. The lowest BCUT2D eigenvalue weighted by molar-refractivity contribution is 0.0927. The Labute approximate surface area is 146 Å². The third-order valence-corrected chi connectivity index (χ3v) is 4.47. The third-order valence-electron chi connectivity index (χ3n) is 4.19. The molecule has 0 aliphatic carbocycles. The van der Waals surface area contributed by atoms with Crippen LogP contribution in [-0.4, -0.2) is 28.5 Å². The first-order valence-electron chi connectivity index (χ1n) is 8.02. The molecule has 0 radical (unpaired) electrons. The van der Waals surface area contributed by atoms with Gasteiger partial charge in [-0.2, -0.15) is 0 Å². The average molecular weight is 346 g/mol. The fourth-order valence-corrected chi connectivity index (χ4v) is 2.97. The van der Waals surface area contributed by atoms with Crippen LogP contribution in [0.4, 0.5) is 0 Å². The molecular formula is C18H20ClN3O2. The summed E-state index contributed by atoms with van der Waals surface area (Å²) in [5.74, 6) is 1.43. The SMILES string of the molecule is CC(C)c1ncc(Cl)c(C(=O)NC(C)C2COc3ccccc32)n1. The monoisotopic (exact) mass is 345 g/mol. The molecule has 5 nitrogen and oxygen atoms in total. The Morgan fingerprint density at radius 1 is 1.33 bits per heavy atom. The van der Waals surface area contributed by atoms with E-state index in [1.807, 2.05) is 45.0 Å². The quantitative estimate of drug-likeness (QED) is 0.920. The van der Waals surface area contributed by atoms with Crippen LogP contribution in [0.1, 0.15) is 54.5 Å². The van der Waals surface area contributed by atoms with Gasteiger partial charge in [0.1, 0.15) is 17.3 Å². The summed E-state index contributed by atoms with van der Waals surface area (Å²) in [5, 5.41) is 3.25. The lowest BCUT2D eigenvalue weighted by Gasteiger charge is -2.20. The van der Waals surface area contributed by atoms with Crippen LogP contribution in [0.3, 0.4) is 0 Å². The molecule has 0 saturated carbocycles. The van der Waals surface area contributed by atoms with E-state index in [1.54, 1.807) is 0 Å². The Morgan fingerprint density at radius 3 is 2.83 bits per heavy atom. The van der Waals surface area contributed by atoms with Crippen molar-refractivity contribution in [2.24, 2.45) is 0 Å². The minimum atomic E-state index is -0.291. The Morgan fingerprint density at radius 2 is 2.08 bits per heavy atom. The van der Waals surface area contributed by atoms with Crippen molar-refractivity contribution >= 4 is 17.5 Å². The molecule has 6 heteroatoms. The maximum atomic E-state index is 12.6. The van der Waals surface area contributed by atoms with Crippen LogP contribution < -0.4 is 10.1 Å². The van der Waals surface area contributed by atoms with Gasteiger partial charge in [-0.25, -0.2) is 9.97 Å². The smallest absolute Gasteiger partial charge is 0.271 e. The summed E-state index contributed by atoms with van der Waals surface area (Å²) < 4.78 is 5.69. The molecule has 3 rings (SSSR count). The zero-order valence-electron chi connectivity index (χ0n) is 13.9. The fraction of sp³-hybridized carbons (Fsp3) is 0.389. The second-order valence-electron chi connectivity index (χ2n) is 6.30. The average Bonchev–Trinajstić information content (AvgIpc) is 2.99. The Balaban J connectivity index is 1.77. The number of rotatable bonds is 4. The number of amides is 1. The van der Waals surface area contributed by atoms with E-state index in [9.17, 15) is 4.79 Å². The van der Waals surface area contributed by atoms with Gasteiger partial charge in [-0.15, -0.1) is 0 Å². The van der Waals surface area contributed by atoms with Gasteiger partial charge in [-0.3, -0.25) is 4.79 Å². The maximum absolute atomic E-state index is 12.6. The van der Waals surface area contributed by atoms with Gasteiger partial charge in [-0.05, 0) is 13.0 Å². The first kappa shape index (κ1) is 16.7. The summed E-state index contributed by atoms with van der Waals surface area (Å²) in [6.45, 7) is 6.46. The number of halogens is 1. The Bertz CT molecular complexity index is 764. The van der Waals surface area contributed by atoms with Crippen molar-refractivity contribution in [2.45, 2.75) is 38.6 Å². The number of aromatic nitrogens is 2. The maximum Gasteiger partial charge on any atom is 0.271 e. The first-order chi connectivity index (χ1) is 11.5. The zero-order chi connectivity index (χ0) is 17.3. The molecule has 1 aromatic heterocycles. The van der Waals surface area contributed by atoms with Crippen LogP contribution in [-0.2, 0) is 0 Å². The highest BCUT2D eigenvalue weighted by Gasteiger charge is 2.30. The predicted octanol–water partition coefficient (Wildman–Crippen LogP) is 3.55. The molecule has 2 aromatic rings. The van der Waals surface area contributed by atoms with E-state index in [4.69, 9.17) is 16.3 Å². The van der Waals surface area contributed by atoms with E-state index in [1.165, 1.54) is 6.20 Å². The van der Waals surface area contributed by atoms with Crippen LogP contribution in [0.2, 0.25) is 5.02 Å². The van der Waals surface area contributed by atoms with E-state index < -0.39 is 0 Å². The molecule has 0 bridgehead atoms. The van der Waals surface area contributed by atoms with E-state index in [2.05, 4.69) is 15.3 Å². The number of carbonyl (C=O) groups excluding carboxylic acids is 1. The van der Waals surface area contributed by atoms with Gasteiger partial charge in [0.25, 0.3) is 5.91 Å². The highest BCUT2D eigenvalue weighted by atomic mass is 35.5. The van der Waals surface area contributed by atoms with Gasteiger partial charge in [-0.1, -0.05) is 43.6 Å². The molecule has 1 aliphatic heterocycles. The second kappa shape index (κ2) is 6.77. The van der Waals surface area contributed by atoms with E-state index >= 15 is 0 Å². The standard InChI is InChI=1S/C18H20ClN3O2/c1-10(2)17-20-8-14(19)16(22-17)18(23)21-11(3)13-9-24-15-7-5-4-6-12(13)15/h4-8,10-11,13H,9H2,1-3H3,(H,21,23). The summed E-state index contributed by atoms with van der Waals surface area (Å²) in [5.41, 5.74) is 1.33.